The van der Waals surface area contributed by atoms with E-state index in [1.54, 1.807) is 6.07 Å². The Balaban J connectivity index is 2.01. The number of fused-ring (bicyclic) bond motifs is 1. The lowest BCUT2D eigenvalue weighted by Crippen LogP contribution is -2.33. The summed E-state index contributed by atoms with van der Waals surface area (Å²) in [6.07, 6.45) is -0.368. The third-order valence-corrected chi connectivity index (χ3v) is 2.88. The van der Waals surface area contributed by atoms with Crippen molar-refractivity contribution in [2.24, 2.45) is 0 Å². The maximum Gasteiger partial charge on any atom is 0.231 e. The average molecular weight is 241 g/mol. The van der Waals surface area contributed by atoms with Crippen molar-refractivity contribution in [3.8, 4) is 17.2 Å². The zero-order valence-electron chi connectivity index (χ0n) is 9.03. The van der Waals surface area contributed by atoms with Crippen molar-refractivity contribution in [2.45, 2.75) is 6.10 Å². The molecular weight excluding hydrogens is 229 g/mol. The van der Waals surface area contributed by atoms with Crippen molar-refractivity contribution in [1.29, 1.82) is 0 Å². The largest absolute Gasteiger partial charge is 0.504 e. The van der Waals surface area contributed by atoms with Crippen molar-refractivity contribution in [2.75, 3.05) is 26.5 Å². The van der Waals surface area contributed by atoms with Crippen LogP contribution in [0.1, 0.15) is 11.7 Å². The topological polar surface area (TPSA) is 60.0 Å². The van der Waals surface area contributed by atoms with E-state index in [2.05, 4.69) is 5.32 Å². The van der Waals surface area contributed by atoms with E-state index >= 15 is 0 Å². The third-order valence-electron chi connectivity index (χ3n) is 2.88. The van der Waals surface area contributed by atoms with Gasteiger partial charge in [0.1, 0.15) is 0 Å². The summed E-state index contributed by atoms with van der Waals surface area (Å²) in [6, 6.07) is 1.57. The summed E-state index contributed by atoms with van der Waals surface area (Å²) >= 11 is 0. The van der Waals surface area contributed by atoms with Crippen molar-refractivity contribution in [3.63, 3.8) is 0 Å². The normalized spacial score (nSPS) is 22.8. The maximum absolute atomic E-state index is 13.8. The molecule has 0 saturated carbocycles. The molecule has 0 radical (unpaired) electrons. The van der Waals surface area contributed by atoms with Gasteiger partial charge in [-0.15, -0.1) is 0 Å². The van der Waals surface area contributed by atoms with E-state index < -0.39 is 11.6 Å². The number of benzene rings is 1. The van der Waals surface area contributed by atoms with Gasteiger partial charge in [0, 0.05) is 18.7 Å². The summed E-state index contributed by atoms with van der Waals surface area (Å²) in [6.45, 7) is 1.79. The Labute approximate surface area is 97.1 Å². The standard InChI is InChI=1S/C11H12FNO4/c12-9-10(14)6(8-4-13-1-2-15-8)3-7-11(9)17-5-16-7/h3,8,13-14H,1-2,4-5H2. The number of nitrogens with one attached hydrogen (secondary N) is 1. The number of morpholine rings is 1. The molecule has 0 amide bonds. The summed E-state index contributed by atoms with van der Waals surface area (Å²) in [5, 5.41) is 12.9. The molecule has 1 saturated heterocycles. The Hall–Kier alpha value is -1.53. The number of hydrogen-bond donors (Lipinski definition) is 2. The number of aromatic hydroxyl groups is 1. The van der Waals surface area contributed by atoms with E-state index in [1.807, 2.05) is 0 Å². The highest BCUT2D eigenvalue weighted by atomic mass is 19.1. The van der Waals surface area contributed by atoms with Gasteiger partial charge in [0.25, 0.3) is 0 Å². The fraction of sp³-hybridized carbons (Fsp3) is 0.455. The fourth-order valence-electron chi connectivity index (χ4n) is 2.02. The average Bonchev–Trinajstić information content (AvgIpc) is 2.83. The van der Waals surface area contributed by atoms with Crippen LogP contribution in [0.2, 0.25) is 0 Å². The highest BCUT2D eigenvalue weighted by molar-refractivity contribution is 5.53. The van der Waals surface area contributed by atoms with Crippen molar-refractivity contribution in [3.05, 3.63) is 17.4 Å². The molecule has 92 valence electrons. The van der Waals surface area contributed by atoms with Gasteiger partial charge in [0.2, 0.25) is 18.4 Å². The number of rotatable bonds is 1. The van der Waals surface area contributed by atoms with Crippen LogP contribution in [-0.4, -0.2) is 31.6 Å². The highest BCUT2D eigenvalue weighted by Crippen LogP contribution is 2.43. The van der Waals surface area contributed by atoms with E-state index in [4.69, 9.17) is 14.2 Å². The maximum atomic E-state index is 13.8. The number of ether oxygens (including phenoxy) is 3. The molecule has 1 unspecified atom stereocenters. The van der Waals surface area contributed by atoms with Gasteiger partial charge >= 0.3 is 0 Å². The molecule has 0 aromatic heterocycles. The molecule has 2 aliphatic heterocycles. The predicted molar refractivity (Wildman–Crippen MR) is 55.8 cm³/mol. The molecule has 0 spiro atoms. The first kappa shape index (κ1) is 10.6. The Morgan fingerprint density at radius 1 is 1.41 bits per heavy atom. The van der Waals surface area contributed by atoms with Gasteiger partial charge in [-0.25, -0.2) is 0 Å². The third kappa shape index (κ3) is 1.69. The molecule has 2 heterocycles. The van der Waals surface area contributed by atoms with Gasteiger partial charge in [0.05, 0.1) is 12.7 Å². The van der Waals surface area contributed by atoms with Gasteiger partial charge in [-0.3, -0.25) is 0 Å². The van der Waals surface area contributed by atoms with Gasteiger partial charge in [-0.2, -0.15) is 4.39 Å². The molecule has 1 aromatic rings. The summed E-state index contributed by atoms with van der Waals surface area (Å²) in [5.74, 6) is -0.938. The van der Waals surface area contributed by atoms with Gasteiger partial charge in [-0.05, 0) is 6.07 Å². The molecule has 5 nitrogen and oxygen atoms in total. The molecule has 17 heavy (non-hydrogen) atoms. The van der Waals surface area contributed by atoms with E-state index in [9.17, 15) is 9.50 Å². The molecule has 0 aliphatic carbocycles. The minimum atomic E-state index is -0.788. The van der Waals surface area contributed by atoms with Crippen LogP contribution in [0.25, 0.3) is 0 Å². The first-order chi connectivity index (χ1) is 8.27. The second-order valence-corrected chi connectivity index (χ2v) is 3.93. The SMILES string of the molecule is Oc1c(C2CNCCO2)cc2c(c1F)OCO2. The number of phenols is 1. The number of halogens is 1. The summed E-state index contributed by atoms with van der Waals surface area (Å²) in [7, 11) is 0. The molecule has 1 atom stereocenters. The van der Waals surface area contributed by atoms with Crippen LogP contribution < -0.4 is 14.8 Å². The van der Waals surface area contributed by atoms with E-state index in [-0.39, 0.29) is 18.6 Å². The van der Waals surface area contributed by atoms with Crippen LogP contribution in [0, 0.1) is 5.82 Å². The summed E-state index contributed by atoms with van der Waals surface area (Å²) in [5.41, 5.74) is 0.388. The predicted octanol–water partition coefficient (Wildman–Crippen LogP) is 0.921. The first-order valence-corrected chi connectivity index (χ1v) is 5.40. The van der Waals surface area contributed by atoms with Crippen LogP contribution in [0.4, 0.5) is 4.39 Å². The quantitative estimate of drug-likeness (QED) is 0.765. The Morgan fingerprint density at radius 3 is 3.06 bits per heavy atom. The van der Waals surface area contributed by atoms with E-state index in [0.29, 0.717) is 24.5 Å². The Morgan fingerprint density at radius 2 is 2.29 bits per heavy atom. The highest BCUT2D eigenvalue weighted by Gasteiger charge is 2.29. The van der Waals surface area contributed by atoms with Crippen LogP contribution in [0.5, 0.6) is 17.2 Å². The lowest BCUT2D eigenvalue weighted by atomic mass is 10.1. The number of phenolic OH excluding ortho intramolecular Hbond substituents is 1. The van der Waals surface area contributed by atoms with Crippen LogP contribution in [-0.2, 0) is 4.74 Å². The molecule has 2 N–H and O–H groups in total. The summed E-state index contributed by atoms with van der Waals surface area (Å²) < 4.78 is 29.3. The molecule has 1 aromatic carbocycles. The van der Waals surface area contributed by atoms with Crippen LogP contribution in [0.3, 0.4) is 0 Å². The van der Waals surface area contributed by atoms with Gasteiger partial charge in [0.15, 0.2) is 11.5 Å². The van der Waals surface area contributed by atoms with Gasteiger partial charge in [-0.1, -0.05) is 0 Å². The molecule has 3 rings (SSSR count). The van der Waals surface area contributed by atoms with Gasteiger partial charge < -0.3 is 24.6 Å². The second-order valence-electron chi connectivity index (χ2n) is 3.93. The molecule has 0 bridgehead atoms. The molecule has 6 heteroatoms. The van der Waals surface area contributed by atoms with E-state index in [1.165, 1.54) is 0 Å². The lowest BCUT2D eigenvalue weighted by molar-refractivity contribution is 0.0259. The minimum Gasteiger partial charge on any atom is -0.504 e. The van der Waals surface area contributed by atoms with E-state index in [0.717, 1.165) is 6.54 Å². The zero-order valence-corrected chi connectivity index (χ0v) is 9.03. The zero-order chi connectivity index (χ0) is 11.8. The Bertz CT molecular complexity index is 446. The van der Waals surface area contributed by atoms with Crippen molar-refractivity contribution >= 4 is 0 Å². The molecular formula is C11H12FNO4. The minimum absolute atomic E-state index is 0.0288. The molecule has 1 fully saturated rings. The smallest absolute Gasteiger partial charge is 0.231 e. The monoisotopic (exact) mass is 241 g/mol. The lowest BCUT2D eigenvalue weighted by Gasteiger charge is -2.24. The van der Waals surface area contributed by atoms with Crippen LogP contribution in [0.15, 0.2) is 6.07 Å². The molecule has 2 aliphatic rings. The Kier molecular flexibility index (Phi) is 2.53. The van der Waals surface area contributed by atoms with Crippen LogP contribution >= 0.6 is 0 Å². The van der Waals surface area contributed by atoms with Crippen molar-refractivity contribution in [1.82, 2.24) is 5.32 Å². The first-order valence-electron chi connectivity index (χ1n) is 5.40. The number of hydrogen-bond acceptors (Lipinski definition) is 5. The summed E-state index contributed by atoms with van der Waals surface area (Å²) in [4.78, 5) is 0. The second kappa shape index (κ2) is 4.05. The fourth-order valence-corrected chi connectivity index (χ4v) is 2.02. The van der Waals surface area contributed by atoms with Crippen molar-refractivity contribution < 1.29 is 23.7 Å².